The van der Waals surface area contributed by atoms with Crippen molar-refractivity contribution < 1.29 is 5.11 Å². The van der Waals surface area contributed by atoms with Crippen LogP contribution < -0.4 is 0 Å². The molecule has 0 radical (unpaired) electrons. The number of aliphatic hydroxyl groups is 1. The van der Waals surface area contributed by atoms with E-state index in [1.54, 1.807) is 0 Å². The van der Waals surface area contributed by atoms with Crippen molar-refractivity contribution in [2.45, 2.75) is 45.1 Å². The third-order valence-electron chi connectivity index (χ3n) is 4.80. The summed E-state index contributed by atoms with van der Waals surface area (Å²) in [6.07, 6.45) is 6.12. The SMILES string of the molecule is CC(C)C1CCCC(O)(c2cccc3[nH]ccc23)C1. The van der Waals surface area contributed by atoms with Crippen LogP contribution in [-0.4, -0.2) is 10.1 Å². The molecule has 1 aromatic carbocycles. The molecule has 0 saturated heterocycles. The van der Waals surface area contributed by atoms with Gasteiger partial charge in [-0.1, -0.05) is 26.0 Å². The summed E-state index contributed by atoms with van der Waals surface area (Å²) in [5.74, 6) is 1.28. The third-order valence-corrected chi connectivity index (χ3v) is 4.80. The van der Waals surface area contributed by atoms with Crippen LogP contribution in [0.2, 0.25) is 0 Å². The number of aromatic nitrogens is 1. The van der Waals surface area contributed by atoms with Gasteiger partial charge < -0.3 is 10.1 Å². The van der Waals surface area contributed by atoms with Gasteiger partial charge in [-0.2, -0.15) is 0 Å². The molecule has 1 aliphatic rings. The molecule has 2 unspecified atom stereocenters. The van der Waals surface area contributed by atoms with Crippen molar-refractivity contribution in [3.63, 3.8) is 0 Å². The van der Waals surface area contributed by atoms with E-state index in [9.17, 15) is 5.11 Å². The summed E-state index contributed by atoms with van der Waals surface area (Å²) in [5.41, 5.74) is 1.59. The van der Waals surface area contributed by atoms with Gasteiger partial charge in [0, 0.05) is 17.1 Å². The molecule has 1 heterocycles. The highest BCUT2D eigenvalue weighted by Gasteiger charge is 2.37. The van der Waals surface area contributed by atoms with Crippen molar-refractivity contribution in [1.82, 2.24) is 4.98 Å². The Morgan fingerprint density at radius 1 is 1.32 bits per heavy atom. The molecular formula is C17H23NO. The molecule has 0 bridgehead atoms. The Kier molecular flexibility index (Phi) is 3.14. The standard InChI is InChI=1S/C17H23NO/c1-12(2)13-5-4-9-17(19,11-13)15-6-3-7-16-14(15)8-10-18-16/h3,6-8,10,12-13,18-19H,4-5,9,11H2,1-2H3. The zero-order chi connectivity index (χ0) is 13.5. The third kappa shape index (κ3) is 2.18. The lowest BCUT2D eigenvalue weighted by molar-refractivity contribution is -0.0283. The highest BCUT2D eigenvalue weighted by molar-refractivity contribution is 5.83. The molecule has 0 amide bonds. The number of hydrogen-bond donors (Lipinski definition) is 2. The Bertz CT molecular complexity index is 571. The van der Waals surface area contributed by atoms with E-state index >= 15 is 0 Å². The molecule has 2 heteroatoms. The highest BCUT2D eigenvalue weighted by Crippen LogP contribution is 2.44. The summed E-state index contributed by atoms with van der Waals surface area (Å²) in [7, 11) is 0. The van der Waals surface area contributed by atoms with E-state index in [2.05, 4.69) is 37.0 Å². The molecule has 1 saturated carbocycles. The van der Waals surface area contributed by atoms with Gasteiger partial charge in [-0.05, 0) is 55.2 Å². The number of nitrogens with one attached hydrogen (secondary N) is 1. The average Bonchev–Trinajstić information content (AvgIpc) is 2.86. The minimum Gasteiger partial charge on any atom is -0.385 e. The van der Waals surface area contributed by atoms with Crippen molar-refractivity contribution in [3.8, 4) is 0 Å². The first-order valence-corrected chi connectivity index (χ1v) is 7.39. The average molecular weight is 257 g/mol. The van der Waals surface area contributed by atoms with Gasteiger partial charge in [0.05, 0.1) is 5.60 Å². The molecule has 2 N–H and O–H groups in total. The number of fused-ring (bicyclic) bond motifs is 1. The molecule has 2 atom stereocenters. The van der Waals surface area contributed by atoms with Gasteiger partial charge in [0.1, 0.15) is 0 Å². The second-order valence-corrected chi connectivity index (χ2v) is 6.38. The summed E-state index contributed by atoms with van der Waals surface area (Å²) < 4.78 is 0. The van der Waals surface area contributed by atoms with Crippen LogP contribution in [0.3, 0.4) is 0 Å². The molecule has 19 heavy (non-hydrogen) atoms. The van der Waals surface area contributed by atoms with E-state index in [-0.39, 0.29) is 0 Å². The molecular weight excluding hydrogens is 234 g/mol. The second-order valence-electron chi connectivity index (χ2n) is 6.38. The van der Waals surface area contributed by atoms with Crippen LogP contribution >= 0.6 is 0 Å². The Morgan fingerprint density at radius 2 is 2.16 bits per heavy atom. The number of hydrogen-bond acceptors (Lipinski definition) is 1. The van der Waals surface area contributed by atoms with Crippen LogP contribution in [-0.2, 0) is 5.60 Å². The monoisotopic (exact) mass is 257 g/mol. The minimum atomic E-state index is -0.644. The lowest BCUT2D eigenvalue weighted by Gasteiger charge is -2.39. The lowest BCUT2D eigenvalue weighted by atomic mass is 9.70. The molecule has 102 valence electrons. The van der Waals surface area contributed by atoms with Crippen LogP contribution in [0.15, 0.2) is 30.5 Å². The van der Waals surface area contributed by atoms with Gasteiger partial charge in [-0.25, -0.2) is 0 Å². The van der Waals surface area contributed by atoms with Crippen LogP contribution in [0.4, 0.5) is 0 Å². The van der Waals surface area contributed by atoms with Crippen molar-refractivity contribution in [2.24, 2.45) is 11.8 Å². The first kappa shape index (κ1) is 12.7. The van der Waals surface area contributed by atoms with E-state index in [0.717, 1.165) is 30.3 Å². The summed E-state index contributed by atoms with van der Waals surface area (Å²) in [6.45, 7) is 4.54. The van der Waals surface area contributed by atoms with E-state index < -0.39 is 5.60 Å². The second kappa shape index (κ2) is 4.68. The molecule has 3 rings (SSSR count). The number of rotatable bonds is 2. The van der Waals surface area contributed by atoms with Crippen LogP contribution in [0, 0.1) is 11.8 Å². The molecule has 1 aliphatic carbocycles. The fourth-order valence-electron chi connectivity index (χ4n) is 3.60. The Labute approximate surface area is 114 Å². The van der Waals surface area contributed by atoms with E-state index in [4.69, 9.17) is 0 Å². The summed E-state index contributed by atoms with van der Waals surface area (Å²) in [4.78, 5) is 3.24. The molecule has 0 aliphatic heterocycles. The van der Waals surface area contributed by atoms with Crippen molar-refractivity contribution in [1.29, 1.82) is 0 Å². The van der Waals surface area contributed by atoms with Gasteiger partial charge in [0.25, 0.3) is 0 Å². The Morgan fingerprint density at radius 3 is 2.95 bits per heavy atom. The number of benzene rings is 1. The predicted molar refractivity (Wildman–Crippen MR) is 79.0 cm³/mol. The predicted octanol–water partition coefficient (Wildman–Crippen LogP) is 4.20. The quantitative estimate of drug-likeness (QED) is 0.831. The summed E-state index contributed by atoms with van der Waals surface area (Å²) >= 11 is 0. The van der Waals surface area contributed by atoms with Gasteiger partial charge in [-0.15, -0.1) is 0 Å². The maximum Gasteiger partial charge on any atom is 0.0905 e. The highest BCUT2D eigenvalue weighted by atomic mass is 16.3. The molecule has 2 nitrogen and oxygen atoms in total. The molecule has 1 aromatic heterocycles. The van der Waals surface area contributed by atoms with Crippen molar-refractivity contribution in [3.05, 3.63) is 36.0 Å². The van der Waals surface area contributed by atoms with Gasteiger partial charge >= 0.3 is 0 Å². The number of aromatic amines is 1. The normalized spacial score (nSPS) is 28.1. The molecule has 0 spiro atoms. The fraction of sp³-hybridized carbons (Fsp3) is 0.529. The van der Waals surface area contributed by atoms with Crippen LogP contribution in [0.1, 0.15) is 45.1 Å². The summed E-state index contributed by atoms with van der Waals surface area (Å²) in [6, 6.07) is 8.30. The lowest BCUT2D eigenvalue weighted by Crippen LogP contribution is -2.34. The maximum atomic E-state index is 11.2. The van der Waals surface area contributed by atoms with Crippen LogP contribution in [0.25, 0.3) is 10.9 Å². The largest absolute Gasteiger partial charge is 0.385 e. The first-order chi connectivity index (χ1) is 9.10. The van der Waals surface area contributed by atoms with E-state index in [1.165, 1.54) is 11.8 Å². The maximum absolute atomic E-state index is 11.2. The van der Waals surface area contributed by atoms with Gasteiger partial charge in [-0.3, -0.25) is 0 Å². The summed E-state index contributed by atoms with van der Waals surface area (Å²) in [5, 5.41) is 12.3. The van der Waals surface area contributed by atoms with Crippen LogP contribution in [0.5, 0.6) is 0 Å². The van der Waals surface area contributed by atoms with Crippen molar-refractivity contribution >= 4 is 10.9 Å². The Balaban J connectivity index is 2.01. The fourth-order valence-corrected chi connectivity index (χ4v) is 3.60. The number of H-pyrrole nitrogens is 1. The van der Waals surface area contributed by atoms with Gasteiger partial charge in [0.15, 0.2) is 0 Å². The van der Waals surface area contributed by atoms with Gasteiger partial charge in [0.2, 0.25) is 0 Å². The van der Waals surface area contributed by atoms with Crippen molar-refractivity contribution in [2.75, 3.05) is 0 Å². The topological polar surface area (TPSA) is 36.0 Å². The van der Waals surface area contributed by atoms with E-state index in [0.29, 0.717) is 11.8 Å². The Hall–Kier alpha value is -1.28. The minimum absolute atomic E-state index is 0.632. The zero-order valence-electron chi connectivity index (χ0n) is 11.8. The molecule has 1 fully saturated rings. The van der Waals surface area contributed by atoms with E-state index in [1.807, 2.05) is 12.3 Å². The first-order valence-electron chi connectivity index (χ1n) is 7.39. The smallest absolute Gasteiger partial charge is 0.0905 e. The molecule has 2 aromatic rings. The zero-order valence-corrected chi connectivity index (χ0v) is 11.8.